The van der Waals surface area contributed by atoms with Crippen LogP contribution in [0.3, 0.4) is 0 Å². The molecule has 0 atom stereocenters. The summed E-state index contributed by atoms with van der Waals surface area (Å²) in [7, 11) is 0. The van der Waals surface area contributed by atoms with Crippen LogP contribution in [-0.4, -0.2) is 46.2 Å². The van der Waals surface area contributed by atoms with E-state index >= 15 is 0 Å². The molecule has 2 aliphatic heterocycles. The lowest BCUT2D eigenvalue weighted by molar-refractivity contribution is -0.384. The van der Waals surface area contributed by atoms with Gasteiger partial charge in [-0.3, -0.25) is 24.6 Å². The number of benzene rings is 2. The largest absolute Gasteiger partial charge is 0.366 e. The average molecular weight is 419 g/mol. The van der Waals surface area contributed by atoms with E-state index in [9.17, 15) is 19.7 Å². The van der Waals surface area contributed by atoms with Gasteiger partial charge in [-0.1, -0.05) is 30.3 Å². The highest BCUT2D eigenvalue weighted by Crippen LogP contribution is 2.34. The van der Waals surface area contributed by atoms with Crippen LogP contribution in [0.2, 0.25) is 0 Å². The molecule has 2 amide bonds. The maximum atomic E-state index is 13.1. The lowest BCUT2D eigenvalue weighted by Gasteiger charge is -2.34. The fraction of sp³-hybridized carbons (Fsp3) is 0.333. The van der Waals surface area contributed by atoms with Crippen LogP contribution in [0.25, 0.3) is 5.57 Å². The minimum absolute atomic E-state index is 0.0447. The highest BCUT2D eigenvalue weighted by atomic mass is 16.6. The number of nitro benzene ring substituents is 1. The maximum Gasteiger partial charge on any atom is 0.277 e. The Morgan fingerprint density at radius 2 is 1.61 bits per heavy atom. The summed E-state index contributed by atoms with van der Waals surface area (Å²) in [5.41, 5.74) is 2.59. The number of non-ortho nitro benzene ring substituents is 1. The lowest BCUT2D eigenvalue weighted by Crippen LogP contribution is -2.39. The lowest BCUT2D eigenvalue weighted by atomic mass is 9.89. The second-order valence-corrected chi connectivity index (χ2v) is 8.00. The Morgan fingerprint density at radius 3 is 2.19 bits per heavy atom. The van der Waals surface area contributed by atoms with Gasteiger partial charge in [0, 0.05) is 31.8 Å². The van der Waals surface area contributed by atoms with Gasteiger partial charge in [-0.05, 0) is 55.4 Å². The zero-order valence-electron chi connectivity index (χ0n) is 17.5. The van der Waals surface area contributed by atoms with Gasteiger partial charge in [0.25, 0.3) is 17.5 Å². The van der Waals surface area contributed by atoms with E-state index in [-0.39, 0.29) is 17.5 Å². The van der Waals surface area contributed by atoms with Crippen molar-refractivity contribution >= 4 is 23.1 Å². The van der Waals surface area contributed by atoms with Crippen molar-refractivity contribution < 1.29 is 14.5 Å². The van der Waals surface area contributed by atoms with Crippen LogP contribution in [0.5, 0.6) is 0 Å². The van der Waals surface area contributed by atoms with E-state index in [1.165, 1.54) is 22.6 Å². The monoisotopic (exact) mass is 419 g/mol. The fourth-order valence-corrected chi connectivity index (χ4v) is 4.46. The zero-order valence-corrected chi connectivity index (χ0v) is 17.5. The Hall–Kier alpha value is -3.48. The molecule has 1 fully saturated rings. The summed E-state index contributed by atoms with van der Waals surface area (Å²) in [4.78, 5) is 39.9. The van der Waals surface area contributed by atoms with E-state index in [0.717, 1.165) is 19.3 Å². The minimum atomic E-state index is -0.476. The number of amides is 2. The van der Waals surface area contributed by atoms with Crippen LogP contribution >= 0.6 is 0 Å². The second-order valence-electron chi connectivity index (χ2n) is 8.00. The molecule has 0 saturated carbocycles. The maximum absolute atomic E-state index is 13.1. The third-order valence-electron chi connectivity index (χ3n) is 6.12. The molecule has 2 aromatic rings. The van der Waals surface area contributed by atoms with Crippen LogP contribution in [0.4, 0.5) is 5.69 Å². The number of hydrogen-bond donors (Lipinski definition) is 0. The van der Waals surface area contributed by atoms with Gasteiger partial charge < -0.3 is 4.90 Å². The molecular formula is C24H25N3O4. The molecule has 0 spiro atoms. The van der Waals surface area contributed by atoms with Gasteiger partial charge in [-0.25, -0.2) is 0 Å². The molecule has 2 heterocycles. The second kappa shape index (κ2) is 8.71. The first kappa shape index (κ1) is 20.8. The molecule has 0 N–H and O–H groups in total. The SMILES string of the molecule is CCN1C(=O)C(c2ccc([N+](=O)[O-])cc2)=C(N2CCC(Cc3ccccc3)CC2)C1=O. The first-order valence-corrected chi connectivity index (χ1v) is 10.6. The Labute approximate surface area is 181 Å². The van der Waals surface area contributed by atoms with E-state index < -0.39 is 4.92 Å². The van der Waals surface area contributed by atoms with Gasteiger partial charge >= 0.3 is 0 Å². The fourth-order valence-electron chi connectivity index (χ4n) is 4.46. The average Bonchev–Trinajstić information content (AvgIpc) is 3.04. The number of likely N-dealkylation sites (tertiary alicyclic amines) is 1. The minimum Gasteiger partial charge on any atom is -0.366 e. The molecule has 0 bridgehead atoms. The summed E-state index contributed by atoms with van der Waals surface area (Å²) in [5.74, 6) is -0.0679. The van der Waals surface area contributed by atoms with E-state index in [4.69, 9.17) is 0 Å². The molecule has 0 unspecified atom stereocenters. The molecule has 0 aromatic heterocycles. The Kier molecular flexibility index (Phi) is 5.84. The number of piperidine rings is 1. The third kappa shape index (κ3) is 4.08. The topological polar surface area (TPSA) is 83.8 Å². The van der Waals surface area contributed by atoms with Crippen LogP contribution in [-0.2, 0) is 16.0 Å². The number of carbonyl (C=O) groups excluding carboxylic acids is 2. The van der Waals surface area contributed by atoms with Gasteiger partial charge in [0.15, 0.2) is 0 Å². The predicted octanol–water partition coefficient (Wildman–Crippen LogP) is 3.65. The quantitative estimate of drug-likeness (QED) is 0.405. The molecule has 7 nitrogen and oxygen atoms in total. The number of hydrogen-bond acceptors (Lipinski definition) is 5. The highest BCUT2D eigenvalue weighted by molar-refractivity contribution is 6.35. The molecule has 2 aliphatic rings. The summed E-state index contributed by atoms with van der Waals surface area (Å²) >= 11 is 0. The number of likely N-dealkylation sites (N-methyl/N-ethyl adjacent to an activating group) is 1. The molecule has 0 aliphatic carbocycles. The molecule has 1 saturated heterocycles. The summed E-state index contributed by atoms with van der Waals surface area (Å²) in [6.45, 7) is 3.49. The summed E-state index contributed by atoms with van der Waals surface area (Å²) in [6, 6.07) is 16.2. The summed E-state index contributed by atoms with van der Waals surface area (Å²) in [5, 5.41) is 11.0. The number of carbonyl (C=O) groups is 2. The number of imide groups is 1. The van der Waals surface area contributed by atoms with Gasteiger partial charge in [0.2, 0.25) is 0 Å². The van der Waals surface area contributed by atoms with Crippen molar-refractivity contribution in [1.29, 1.82) is 0 Å². The predicted molar refractivity (Wildman–Crippen MR) is 117 cm³/mol. The third-order valence-corrected chi connectivity index (χ3v) is 6.12. The summed E-state index contributed by atoms with van der Waals surface area (Å²) < 4.78 is 0. The van der Waals surface area contributed by atoms with Crippen LogP contribution < -0.4 is 0 Å². The van der Waals surface area contributed by atoms with E-state index in [2.05, 4.69) is 12.1 Å². The Bertz CT molecular complexity index is 1020. The molecule has 4 rings (SSSR count). The number of nitro groups is 1. The van der Waals surface area contributed by atoms with Crippen molar-refractivity contribution in [3.8, 4) is 0 Å². The van der Waals surface area contributed by atoms with E-state index in [0.29, 0.717) is 42.4 Å². The molecule has 31 heavy (non-hydrogen) atoms. The van der Waals surface area contributed by atoms with Crippen molar-refractivity contribution in [3.63, 3.8) is 0 Å². The van der Waals surface area contributed by atoms with Crippen LogP contribution in [0.15, 0.2) is 60.3 Å². The van der Waals surface area contributed by atoms with Gasteiger partial charge in [0.1, 0.15) is 5.70 Å². The van der Waals surface area contributed by atoms with Crippen LogP contribution in [0.1, 0.15) is 30.9 Å². The van der Waals surface area contributed by atoms with Gasteiger partial charge in [-0.15, -0.1) is 0 Å². The van der Waals surface area contributed by atoms with E-state index in [1.54, 1.807) is 19.1 Å². The van der Waals surface area contributed by atoms with Crippen molar-refractivity contribution in [3.05, 3.63) is 81.5 Å². The van der Waals surface area contributed by atoms with Gasteiger partial charge in [0.05, 0.1) is 10.5 Å². The smallest absolute Gasteiger partial charge is 0.277 e. The van der Waals surface area contributed by atoms with Crippen molar-refractivity contribution in [2.24, 2.45) is 5.92 Å². The number of nitrogens with zero attached hydrogens (tertiary/aromatic N) is 3. The summed E-state index contributed by atoms with van der Waals surface area (Å²) in [6.07, 6.45) is 2.90. The Morgan fingerprint density at radius 1 is 0.968 bits per heavy atom. The van der Waals surface area contributed by atoms with E-state index in [1.807, 2.05) is 23.1 Å². The van der Waals surface area contributed by atoms with Gasteiger partial charge in [-0.2, -0.15) is 0 Å². The highest BCUT2D eigenvalue weighted by Gasteiger charge is 2.41. The molecular weight excluding hydrogens is 394 g/mol. The van der Waals surface area contributed by atoms with Crippen molar-refractivity contribution in [1.82, 2.24) is 9.80 Å². The first-order valence-electron chi connectivity index (χ1n) is 10.6. The number of rotatable bonds is 6. The first-order chi connectivity index (χ1) is 15.0. The molecule has 160 valence electrons. The normalized spacial score (nSPS) is 17.6. The van der Waals surface area contributed by atoms with Crippen LogP contribution in [0, 0.1) is 16.0 Å². The zero-order chi connectivity index (χ0) is 22.0. The molecule has 0 radical (unpaired) electrons. The Balaban J connectivity index is 1.58. The standard InChI is InChI=1S/C24H25N3O4/c1-2-26-23(28)21(19-8-10-20(11-9-19)27(30)31)22(24(26)29)25-14-12-18(13-15-25)16-17-6-4-3-5-7-17/h3-11,18H,2,12-16H2,1H3. The molecule has 2 aromatic carbocycles. The van der Waals surface area contributed by atoms with Crippen molar-refractivity contribution in [2.75, 3.05) is 19.6 Å². The molecule has 7 heteroatoms. The van der Waals surface area contributed by atoms with Crippen molar-refractivity contribution in [2.45, 2.75) is 26.2 Å².